The fourth-order valence-corrected chi connectivity index (χ4v) is 1.76. The summed E-state index contributed by atoms with van der Waals surface area (Å²) in [6.07, 6.45) is 1.09. The predicted octanol–water partition coefficient (Wildman–Crippen LogP) is 2.98. The normalized spacial score (nSPS) is 9.93. The lowest BCUT2D eigenvalue weighted by Crippen LogP contribution is -2.00. The standard InChI is InChI=1S/C11H13BrO2/c1-3-9(13)6-8-4-5-11(14-2)10(12)7-8/h4-5,7H,3,6H2,1-2H3. The molecule has 1 rings (SSSR count). The first-order valence-electron chi connectivity index (χ1n) is 4.51. The highest BCUT2D eigenvalue weighted by Gasteiger charge is 2.04. The Balaban J connectivity index is 2.81. The van der Waals surface area contributed by atoms with Crippen LogP contribution in [-0.2, 0) is 11.2 Å². The third-order valence-corrected chi connectivity index (χ3v) is 2.63. The van der Waals surface area contributed by atoms with E-state index < -0.39 is 0 Å². The molecule has 0 spiro atoms. The fraction of sp³-hybridized carbons (Fsp3) is 0.364. The molecule has 0 aliphatic rings. The van der Waals surface area contributed by atoms with E-state index in [9.17, 15) is 4.79 Å². The maximum atomic E-state index is 11.2. The van der Waals surface area contributed by atoms with Crippen molar-refractivity contribution in [2.75, 3.05) is 7.11 Å². The van der Waals surface area contributed by atoms with Crippen molar-refractivity contribution in [2.45, 2.75) is 19.8 Å². The van der Waals surface area contributed by atoms with Crippen LogP contribution in [0.2, 0.25) is 0 Å². The molecule has 1 aromatic rings. The van der Waals surface area contributed by atoms with E-state index in [4.69, 9.17) is 4.74 Å². The highest BCUT2D eigenvalue weighted by Crippen LogP contribution is 2.25. The van der Waals surface area contributed by atoms with E-state index in [1.54, 1.807) is 7.11 Å². The Bertz CT molecular complexity index is 334. The van der Waals surface area contributed by atoms with Crippen molar-refractivity contribution in [3.8, 4) is 5.75 Å². The number of ketones is 1. The second-order valence-corrected chi connectivity index (χ2v) is 3.89. The van der Waals surface area contributed by atoms with Crippen molar-refractivity contribution < 1.29 is 9.53 Å². The number of halogens is 1. The van der Waals surface area contributed by atoms with Gasteiger partial charge in [-0.2, -0.15) is 0 Å². The van der Waals surface area contributed by atoms with Gasteiger partial charge in [-0.15, -0.1) is 0 Å². The van der Waals surface area contributed by atoms with Crippen LogP contribution in [0.3, 0.4) is 0 Å². The molecule has 0 heterocycles. The van der Waals surface area contributed by atoms with Crippen molar-refractivity contribution in [3.05, 3.63) is 28.2 Å². The average Bonchev–Trinajstić information content (AvgIpc) is 2.18. The third-order valence-electron chi connectivity index (χ3n) is 2.01. The lowest BCUT2D eigenvalue weighted by atomic mass is 10.1. The molecule has 0 amide bonds. The van der Waals surface area contributed by atoms with Gasteiger partial charge in [0.05, 0.1) is 11.6 Å². The van der Waals surface area contributed by atoms with E-state index in [2.05, 4.69) is 15.9 Å². The van der Waals surface area contributed by atoms with Crippen LogP contribution in [-0.4, -0.2) is 12.9 Å². The molecule has 0 aliphatic carbocycles. The highest BCUT2D eigenvalue weighted by molar-refractivity contribution is 9.10. The third kappa shape index (κ3) is 2.84. The van der Waals surface area contributed by atoms with Crippen molar-refractivity contribution in [3.63, 3.8) is 0 Å². The second kappa shape index (κ2) is 5.15. The smallest absolute Gasteiger partial charge is 0.136 e. The van der Waals surface area contributed by atoms with Crippen LogP contribution in [0.15, 0.2) is 22.7 Å². The molecule has 0 fully saturated rings. The van der Waals surface area contributed by atoms with Crippen LogP contribution in [0.5, 0.6) is 5.75 Å². The quantitative estimate of drug-likeness (QED) is 0.828. The Morgan fingerprint density at radius 3 is 2.71 bits per heavy atom. The zero-order chi connectivity index (χ0) is 10.6. The lowest BCUT2D eigenvalue weighted by molar-refractivity contribution is -0.118. The van der Waals surface area contributed by atoms with Gasteiger partial charge in [-0.25, -0.2) is 0 Å². The molecule has 3 heteroatoms. The lowest BCUT2D eigenvalue weighted by Gasteiger charge is -2.05. The van der Waals surface area contributed by atoms with Crippen molar-refractivity contribution in [2.24, 2.45) is 0 Å². The number of carbonyl (C=O) groups excluding carboxylic acids is 1. The van der Waals surface area contributed by atoms with Gasteiger partial charge in [0.15, 0.2) is 0 Å². The molecule has 1 aromatic carbocycles. The number of methoxy groups -OCH3 is 1. The number of hydrogen-bond acceptors (Lipinski definition) is 2. The van der Waals surface area contributed by atoms with Crippen LogP contribution in [0.25, 0.3) is 0 Å². The predicted molar refractivity (Wildman–Crippen MR) is 59.7 cm³/mol. The van der Waals surface area contributed by atoms with Crippen LogP contribution < -0.4 is 4.74 Å². The van der Waals surface area contributed by atoms with E-state index >= 15 is 0 Å². The van der Waals surface area contributed by atoms with Gasteiger partial charge in [0.25, 0.3) is 0 Å². The summed E-state index contributed by atoms with van der Waals surface area (Å²) in [6.45, 7) is 1.88. The summed E-state index contributed by atoms with van der Waals surface area (Å²) in [5.41, 5.74) is 1.02. The van der Waals surface area contributed by atoms with Gasteiger partial charge in [-0.05, 0) is 33.6 Å². The molecule has 0 N–H and O–H groups in total. The van der Waals surface area contributed by atoms with Crippen LogP contribution in [0, 0.1) is 0 Å². The summed E-state index contributed by atoms with van der Waals surface area (Å²) < 4.78 is 5.99. The molecule has 0 saturated carbocycles. The Labute approximate surface area is 92.4 Å². The maximum absolute atomic E-state index is 11.2. The van der Waals surface area contributed by atoms with Crippen molar-refractivity contribution >= 4 is 21.7 Å². The first kappa shape index (κ1) is 11.2. The largest absolute Gasteiger partial charge is 0.496 e. The highest BCUT2D eigenvalue weighted by atomic mass is 79.9. The van der Waals surface area contributed by atoms with E-state index in [-0.39, 0.29) is 5.78 Å². The first-order chi connectivity index (χ1) is 6.67. The Hall–Kier alpha value is -0.830. The summed E-state index contributed by atoms with van der Waals surface area (Å²) in [5, 5.41) is 0. The molecule has 0 unspecified atom stereocenters. The van der Waals surface area contributed by atoms with E-state index in [0.717, 1.165) is 15.8 Å². The summed E-state index contributed by atoms with van der Waals surface area (Å²) in [5.74, 6) is 1.04. The van der Waals surface area contributed by atoms with Crippen LogP contribution >= 0.6 is 15.9 Å². The summed E-state index contributed by atoms with van der Waals surface area (Å²) in [7, 11) is 1.62. The molecule has 0 aliphatic heterocycles. The van der Waals surface area contributed by atoms with Crippen molar-refractivity contribution in [1.82, 2.24) is 0 Å². The number of ether oxygens (including phenoxy) is 1. The molecular weight excluding hydrogens is 244 g/mol. The van der Waals surface area contributed by atoms with E-state index in [0.29, 0.717) is 12.8 Å². The topological polar surface area (TPSA) is 26.3 Å². The summed E-state index contributed by atoms with van der Waals surface area (Å²) >= 11 is 3.38. The summed E-state index contributed by atoms with van der Waals surface area (Å²) in [6, 6.07) is 5.70. The van der Waals surface area contributed by atoms with Gasteiger partial charge in [0.1, 0.15) is 11.5 Å². The monoisotopic (exact) mass is 256 g/mol. The van der Waals surface area contributed by atoms with Crippen LogP contribution in [0.1, 0.15) is 18.9 Å². The van der Waals surface area contributed by atoms with E-state index in [1.807, 2.05) is 25.1 Å². The number of carbonyl (C=O) groups is 1. The maximum Gasteiger partial charge on any atom is 0.136 e. The van der Waals surface area contributed by atoms with Gasteiger partial charge in [-0.1, -0.05) is 13.0 Å². The molecule has 2 nitrogen and oxygen atoms in total. The second-order valence-electron chi connectivity index (χ2n) is 3.04. The minimum absolute atomic E-state index is 0.252. The average molecular weight is 257 g/mol. The van der Waals surface area contributed by atoms with Gasteiger partial charge in [0, 0.05) is 12.8 Å². The van der Waals surface area contributed by atoms with Gasteiger partial charge in [-0.3, -0.25) is 4.79 Å². The number of Topliss-reactive ketones (excluding diaryl/α,β-unsaturated/α-hetero) is 1. The first-order valence-corrected chi connectivity index (χ1v) is 5.30. The number of hydrogen-bond donors (Lipinski definition) is 0. The minimum Gasteiger partial charge on any atom is -0.496 e. The number of rotatable bonds is 4. The van der Waals surface area contributed by atoms with Crippen molar-refractivity contribution in [1.29, 1.82) is 0 Å². The fourth-order valence-electron chi connectivity index (χ4n) is 1.17. The minimum atomic E-state index is 0.252. The molecule has 0 bridgehead atoms. The molecule has 0 atom stereocenters. The summed E-state index contributed by atoms with van der Waals surface area (Å²) in [4.78, 5) is 11.2. The Morgan fingerprint density at radius 1 is 1.50 bits per heavy atom. The van der Waals surface area contributed by atoms with Crippen LogP contribution in [0.4, 0.5) is 0 Å². The SMILES string of the molecule is CCC(=O)Cc1ccc(OC)c(Br)c1. The molecule has 76 valence electrons. The zero-order valence-electron chi connectivity index (χ0n) is 8.34. The molecule has 0 saturated heterocycles. The Morgan fingerprint density at radius 2 is 2.21 bits per heavy atom. The molecule has 14 heavy (non-hydrogen) atoms. The molecule has 0 radical (unpaired) electrons. The Kier molecular flexibility index (Phi) is 4.14. The van der Waals surface area contributed by atoms with Gasteiger partial charge < -0.3 is 4.74 Å². The van der Waals surface area contributed by atoms with Gasteiger partial charge in [0.2, 0.25) is 0 Å². The molecular formula is C11H13BrO2. The molecule has 0 aromatic heterocycles. The van der Waals surface area contributed by atoms with E-state index in [1.165, 1.54) is 0 Å². The number of benzene rings is 1. The van der Waals surface area contributed by atoms with Gasteiger partial charge >= 0.3 is 0 Å². The zero-order valence-corrected chi connectivity index (χ0v) is 9.93.